The van der Waals surface area contributed by atoms with Gasteiger partial charge in [0.2, 0.25) is 0 Å². The van der Waals surface area contributed by atoms with E-state index in [1.54, 1.807) is 0 Å². The lowest BCUT2D eigenvalue weighted by Gasteiger charge is -2.24. The summed E-state index contributed by atoms with van der Waals surface area (Å²) in [6, 6.07) is 0. The van der Waals surface area contributed by atoms with E-state index in [0.29, 0.717) is 25.9 Å². The molecule has 1 aliphatic heterocycles. The van der Waals surface area contributed by atoms with Gasteiger partial charge in [-0.2, -0.15) is 0 Å². The van der Waals surface area contributed by atoms with Gasteiger partial charge in [-0.15, -0.1) is 0 Å². The second-order valence-electron chi connectivity index (χ2n) is 5.22. The molecule has 2 aliphatic rings. The zero-order valence-corrected chi connectivity index (χ0v) is 10.5. The Balaban J connectivity index is 1.99. The lowest BCUT2D eigenvalue weighted by molar-refractivity contribution is -0.138. The summed E-state index contributed by atoms with van der Waals surface area (Å²) in [5, 5.41) is 8.35. The fraction of sp³-hybridized carbons (Fsp3) is 0.909. The summed E-state index contributed by atoms with van der Waals surface area (Å²) < 4.78 is 29.5. The first-order valence-electron chi connectivity index (χ1n) is 5.95. The van der Waals surface area contributed by atoms with Crippen molar-refractivity contribution < 1.29 is 23.1 Å². The van der Waals surface area contributed by atoms with Crippen molar-refractivity contribution in [1.29, 1.82) is 0 Å². The fourth-order valence-corrected chi connectivity index (χ4v) is 4.72. The smallest absolute Gasteiger partial charge is 0.303 e. The molecule has 2 fully saturated rings. The van der Waals surface area contributed by atoms with Crippen LogP contribution in [0.15, 0.2) is 0 Å². The summed E-state index contributed by atoms with van der Waals surface area (Å²) in [5.41, 5.74) is -0.484. The van der Waals surface area contributed by atoms with Crippen molar-refractivity contribution in [3.63, 3.8) is 0 Å². The number of sulfone groups is 1. The predicted octanol–water partition coefficient (Wildman–Crippen LogP) is 0.835. The molecule has 98 valence electrons. The molecule has 17 heavy (non-hydrogen) atoms. The Kier molecular flexibility index (Phi) is 3.45. The zero-order chi connectivity index (χ0) is 12.5. The van der Waals surface area contributed by atoms with Crippen LogP contribution in [0.25, 0.3) is 0 Å². The van der Waals surface area contributed by atoms with Crippen molar-refractivity contribution in [2.45, 2.75) is 37.4 Å². The normalized spacial score (nSPS) is 27.6. The first kappa shape index (κ1) is 12.8. The van der Waals surface area contributed by atoms with Crippen LogP contribution in [0.4, 0.5) is 0 Å². The Morgan fingerprint density at radius 1 is 1.41 bits per heavy atom. The Bertz CT molecular complexity index is 390. The number of aliphatic carboxylic acids is 1. The number of ether oxygens (including phenoxy) is 1. The van der Waals surface area contributed by atoms with E-state index in [1.165, 1.54) is 0 Å². The van der Waals surface area contributed by atoms with Gasteiger partial charge in [0, 0.05) is 6.61 Å². The SMILES string of the molecule is O=C(O)CC1(CS(=O)(=O)C2CCCOC2)CC1. The first-order valence-corrected chi connectivity index (χ1v) is 7.66. The Morgan fingerprint density at radius 2 is 2.12 bits per heavy atom. The van der Waals surface area contributed by atoms with Gasteiger partial charge in [0.25, 0.3) is 0 Å². The summed E-state index contributed by atoms with van der Waals surface area (Å²) in [6.07, 6.45) is 2.82. The molecule has 0 aromatic carbocycles. The average Bonchev–Trinajstić information content (AvgIpc) is 2.97. The molecular weight excluding hydrogens is 244 g/mol. The van der Waals surface area contributed by atoms with E-state index >= 15 is 0 Å². The number of carbonyl (C=O) groups is 1. The van der Waals surface area contributed by atoms with Crippen LogP contribution in [0, 0.1) is 5.41 Å². The summed E-state index contributed by atoms with van der Waals surface area (Å²) in [5.74, 6) is -0.891. The standard InChI is InChI=1S/C11H18O5S/c12-10(13)6-11(3-4-11)8-17(14,15)9-2-1-5-16-7-9/h9H,1-8H2,(H,12,13). The molecule has 6 heteroatoms. The molecular formula is C11H18O5S. The third kappa shape index (κ3) is 3.19. The molecule has 1 saturated heterocycles. The average molecular weight is 262 g/mol. The van der Waals surface area contributed by atoms with Crippen molar-refractivity contribution in [3.8, 4) is 0 Å². The number of carboxylic acids is 1. The highest BCUT2D eigenvalue weighted by Gasteiger charge is 2.49. The quantitative estimate of drug-likeness (QED) is 0.794. The van der Waals surface area contributed by atoms with Crippen LogP contribution in [0.3, 0.4) is 0 Å². The summed E-state index contributed by atoms with van der Waals surface area (Å²) in [7, 11) is -3.21. The monoisotopic (exact) mass is 262 g/mol. The van der Waals surface area contributed by atoms with Gasteiger partial charge in [-0.05, 0) is 31.1 Å². The van der Waals surface area contributed by atoms with Crippen LogP contribution in [0.5, 0.6) is 0 Å². The molecule has 0 amide bonds. The molecule has 2 rings (SSSR count). The van der Waals surface area contributed by atoms with Crippen LogP contribution in [0.2, 0.25) is 0 Å². The second kappa shape index (κ2) is 4.57. The molecule has 5 nitrogen and oxygen atoms in total. The Morgan fingerprint density at radius 3 is 2.59 bits per heavy atom. The van der Waals surface area contributed by atoms with E-state index in [0.717, 1.165) is 6.42 Å². The van der Waals surface area contributed by atoms with Crippen LogP contribution < -0.4 is 0 Å². The molecule has 1 saturated carbocycles. The number of rotatable bonds is 5. The minimum atomic E-state index is -3.21. The minimum absolute atomic E-state index is 0.0142. The van der Waals surface area contributed by atoms with Crippen molar-refractivity contribution in [1.82, 2.24) is 0 Å². The third-order valence-electron chi connectivity index (χ3n) is 3.62. The lowest BCUT2D eigenvalue weighted by atomic mass is 10.1. The van der Waals surface area contributed by atoms with Gasteiger partial charge in [0.05, 0.1) is 24.0 Å². The second-order valence-corrected chi connectivity index (χ2v) is 7.50. The molecule has 0 radical (unpaired) electrons. The largest absolute Gasteiger partial charge is 0.481 e. The number of carboxylic acid groups (broad SMARTS) is 1. The highest BCUT2D eigenvalue weighted by atomic mass is 32.2. The van der Waals surface area contributed by atoms with Gasteiger partial charge in [0.1, 0.15) is 0 Å². The maximum atomic E-state index is 12.1. The highest BCUT2D eigenvalue weighted by molar-refractivity contribution is 7.92. The van der Waals surface area contributed by atoms with Gasteiger partial charge in [0.15, 0.2) is 9.84 Å². The maximum Gasteiger partial charge on any atom is 0.303 e. The van der Waals surface area contributed by atoms with Gasteiger partial charge >= 0.3 is 5.97 Å². The predicted molar refractivity (Wildman–Crippen MR) is 61.5 cm³/mol. The first-order chi connectivity index (χ1) is 7.94. The summed E-state index contributed by atoms with van der Waals surface area (Å²) >= 11 is 0. The summed E-state index contributed by atoms with van der Waals surface area (Å²) in [6.45, 7) is 0.901. The topological polar surface area (TPSA) is 80.7 Å². The van der Waals surface area contributed by atoms with E-state index in [2.05, 4.69) is 0 Å². The highest BCUT2D eigenvalue weighted by Crippen LogP contribution is 2.50. The molecule has 0 aromatic heterocycles. The molecule has 1 N–H and O–H groups in total. The molecule has 1 aliphatic carbocycles. The van der Waals surface area contributed by atoms with Crippen molar-refractivity contribution >= 4 is 15.8 Å². The van der Waals surface area contributed by atoms with Crippen LogP contribution in [-0.2, 0) is 19.4 Å². The van der Waals surface area contributed by atoms with Gasteiger partial charge in [-0.1, -0.05) is 0 Å². The summed E-state index contributed by atoms with van der Waals surface area (Å²) in [4.78, 5) is 10.7. The molecule has 0 spiro atoms. The van der Waals surface area contributed by atoms with E-state index < -0.39 is 26.5 Å². The van der Waals surface area contributed by atoms with E-state index in [-0.39, 0.29) is 18.8 Å². The van der Waals surface area contributed by atoms with Crippen molar-refractivity contribution in [2.24, 2.45) is 5.41 Å². The van der Waals surface area contributed by atoms with Crippen molar-refractivity contribution in [3.05, 3.63) is 0 Å². The zero-order valence-electron chi connectivity index (χ0n) is 9.72. The molecule has 1 atom stereocenters. The molecule has 0 aromatic rings. The van der Waals surface area contributed by atoms with Crippen molar-refractivity contribution in [2.75, 3.05) is 19.0 Å². The van der Waals surface area contributed by atoms with Gasteiger partial charge < -0.3 is 9.84 Å². The maximum absolute atomic E-state index is 12.1. The van der Waals surface area contributed by atoms with Gasteiger partial charge in [-0.25, -0.2) is 8.42 Å². The lowest BCUT2D eigenvalue weighted by Crippen LogP contribution is -2.35. The van der Waals surface area contributed by atoms with E-state index in [1.807, 2.05) is 0 Å². The Labute approximate surface area is 101 Å². The molecule has 0 bridgehead atoms. The minimum Gasteiger partial charge on any atom is -0.481 e. The van der Waals surface area contributed by atoms with Crippen LogP contribution in [0.1, 0.15) is 32.1 Å². The third-order valence-corrected chi connectivity index (χ3v) is 6.02. The van der Waals surface area contributed by atoms with E-state index in [9.17, 15) is 13.2 Å². The number of hydrogen-bond donors (Lipinski definition) is 1. The van der Waals surface area contributed by atoms with Crippen LogP contribution >= 0.6 is 0 Å². The van der Waals surface area contributed by atoms with Crippen LogP contribution in [-0.4, -0.2) is 43.7 Å². The molecule has 1 unspecified atom stereocenters. The van der Waals surface area contributed by atoms with E-state index in [4.69, 9.17) is 9.84 Å². The Hall–Kier alpha value is -0.620. The fourth-order valence-electron chi connectivity index (χ4n) is 2.41. The number of hydrogen-bond acceptors (Lipinski definition) is 4. The van der Waals surface area contributed by atoms with Gasteiger partial charge in [-0.3, -0.25) is 4.79 Å². The molecule has 1 heterocycles.